The van der Waals surface area contributed by atoms with Crippen LogP contribution < -0.4 is 4.90 Å². The van der Waals surface area contributed by atoms with Crippen molar-refractivity contribution in [2.75, 3.05) is 31.1 Å². The van der Waals surface area contributed by atoms with Crippen molar-refractivity contribution in [2.45, 2.75) is 33.1 Å². The molecule has 4 rings (SSSR count). The zero-order valence-corrected chi connectivity index (χ0v) is 18.9. The molecular formula is C23H26ClN3OS. The molecule has 6 heteroatoms. The van der Waals surface area contributed by atoms with Gasteiger partial charge in [-0.1, -0.05) is 55.8 Å². The highest BCUT2D eigenvalue weighted by Gasteiger charge is 2.24. The molecule has 1 aliphatic rings. The first-order chi connectivity index (χ1) is 13.7. The number of carbonyl (C=O) groups is 1. The minimum Gasteiger partial charge on any atom is -0.345 e. The van der Waals surface area contributed by atoms with E-state index in [4.69, 9.17) is 16.6 Å². The summed E-state index contributed by atoms with van der Waals surface area (Å²) < 4.78 is 1.15. The SMILES string of the molecule is Cc1c(Cl)ccc2sc(N3CCN(C(=O)c4ccc(C(C)(C)C)cc4)CC3)nc12. The smallest absolute Gasteiger partial charge is 0.253 e. The molecule has 4 nitrogen and oxygen atoms in total. The number of aromatic nitrogens is 1. The quantitative estimate of drug-likeness (QED) is 0.540. The molecule has 0 radical (unpaired) electrons. The van der Waals surface area contributed by atoms with Gasteiger partial charge in [-0.05, 0) is 47.7 Å². The number of thiazole rings is 1. The normalized spacial score (nSPS) is 15.2. The number of hydrogen-bond donors (Lipinski definition) is 0. The summed E-state index contributed by atoms with van der Waals surface area (Å²) in [4.78, 5) is 21.9. The van der Waals surface area contributed by atoms with Gasteiger partial charge in [-0.2, -0.15) is 0 Å². The molecule has 29 heavy (non-hydrogen) atoms. The first kappa shape index (κ1) is 20.2. The third kappa shape index (κ3) is 3.99. The molecular weight excluding hydrogens is 402 g/mol. The monoisotopic (exact) mass is 427 g/mol. The van der Waals surface area contributed by atoms with E-state index in [-0.39, 0.29) is 11.3 Å². The summed E-state index contributed by atoms with van der Waals surface area (Å²) in [6, 6.07) is 12.0. The van der Waals surface area contributed by atoms with Crippen LogP contribution in [0.1, 0.15) is 42.3 Å². The number of anilines is 1. The van der Waals surface area contributed by atoms with Gasteiger partial charge in [0.05, 0.1) is 10.2 Å². The van der Waals surface area contributed by atoms with E-state index in [0.29, 0.717) is 13.1 Å². The summed E-state index contributed by atoms with van der Waals surface area (Å²) in [5, 5.41) is 1.76. The second-order valence-electron chi connectivity index (χ2n) is 8.62. The van der Waals surface area contributed by atoms with Gasteiger partial charge < -0.3 is 9.80 Å². The van der Waals surface area contributed by atoms with Crippen LogP contribution in [0.2, 0.25) is 5.02 Å². The number of fused-ring (bicyclic) bond motifs is 1. The third-order valence-electron chi connectivity index (χ3n) is 5.57. The van der Waals surface area contributed by atoms with Crippen LogP contribution in [0.5, 0.6) is 0 Å². The number of halogens is 1. The summed E-state index contributed by atoms with van der Waals surface area (Å²) in [7, 11) is 0. The number of hydrogen-bond acceptors (Lipinski definition) is 4. The Hall–Kier alpha value is -2.11. The van der Waals surface area contributed by atoms with Crippen LogP contribution in [0.3, 0.4) is 0 Å². The van der Waals surface area contributed by atoms with Gasteiger partial charge in [0, 0.05) is 36.8 Å². The standard InChI is InChI=1S/C23H26ClN3OS/c1-15-18(24)9-10-19-20(15)25-22(29-19)27-13-11-26(12-14-27)21(28)16-5-7-17(8-6-16)23(2,3)4/h5-10H,11-14H2,1-4H3. The Morgan fingerprint density at radius 2 is 1.69 bits per heavy atom. The molecule has 1 amide bonds. The lowest BCUT2D eigenvalue weighted by Crippen LogP contribution is -2.48. The molecule has 1 aromatic heterocycles. The molecule has 1 aliphatic heterocycles. The van der Waals surface area contributed by atoms with Crippen LogP contribution >= 0.6 is 22.9 Å². The minimum atomic E-state index is 0.0903. The van der Waals surface area contributed by atoms with Crippen LogP contribution in [-0.2, 0) is 5.41 Å². The molecule has 2 heterocycles. The van der Waals surface area contributed by atoms with Crippen molar-refractivity contribution in [1.82, 2.24) is 9.88 Å². The summed E-state index contributed by atoms with van der Waals surface area (Å²) >= 11 is 7.93. The van der Waals surface area contributed by atoms with E-state index in [1.807, 2.05) is 36.1 Å². The van der Waals surface area contributed by atoms with Crippen LogP contribution in [0.15, 0.2) is 36.4 Å². The number of piperazine rings is 1. The lowest BCUT2D eigenvalue weighted by molar-refractivity contribution is 0.0746. The van der Waals surface area contributed by atoms with E-state index in [2.05, 4.69) is 37.8 Å². The lowest BCUT2D eigenvalue weighted by atomic mass is 9.86. The maximum Gasteiger partial charge on any atom is 0.253 e. The largest absolute Gasteiger partial charge is 0.345 e. The Kier molecular flexibility index (Phi) is 5.30. The van der Waals surface area contributed by atoms with Crippen molar-refractivity contribution in [2.24, 2.45) is 0 Å². The van der Waals surface area contributed by atoms with Gasteiger partial charge in [0.25, 0.3) is 5.91 Å². The molecule has 0 unspecified atom stereocenters. The fraction of sp³-hybridized carbons (Fsp3) is 0.391. The first-order valence-corrected chi connectivity index (χ1v) is 11.1. The van der Waals surface area contributed by atoms with Crippen molar-refractivity contribution in [3.05, 3.63) is 58.1 Å². The highest BCUT2D eigenvalue weighted by molar-refractivity contribution is 7.22. The van der Waals surface area contributed by atoms with Crippen LogP contribution in [0.25, 0.3) is 10.2 Å². The number of benzene rings is 2. The third-order valence-corrected chi connectivity index (χ3v) is 7.06. The van der Waals surface area contributed by atoms with E-state index in [1.165, 1.54) is 5.56 Å². The molecule has 0 atom stereocenters. The predicted molar refractivity (Wildman–Crippen MR) is 123 cm³/mol. The Bertz CT molecular complexity index is 1040. The fourth-order valence-corrected chi connectivity index (χ4v) is 4.85. The first-order valence-electron chi connectivity index (χ1n) is 9.94. The zero-order valence-electron chi connectivity index (χ0n) is 17.3. The average Bonchev–Trinajstić information content (AvgIpc) is 3.15. The van der Waals surface area contributed by atoms with Gasteiger partial charge in [0.1, 0.15) is 0 Å². The van der Waals surface area contributed by atoms with Gasteiger partial charge in [-0.3, -0.25) is 4.79 Å². The number of nitrogens with zero attached hydrogens (tertiary/aromatic N) is 3. The number of rotatable bonds is 2. The Balaban J connectivity index is 1.44. The molecule has 0 N–H and O–H groups in total. The topological polar surface area (TPSA) is 36.4 Å². The van der Waals surface area contributed by atoms with Gasteiger partial charge in [0.2, 0.25) is 0 Å². The van der Waals surface area contributed by atoms with Crippen molar-refractivity contribution in [3.8, 4) is 0 Å². The number of aryl methyl sites for hydroxylation is 1. The van der Waals surface area contributed by atoms with Crippen molar-refractivity contribution < 1.29 is 4.79 Å². The van der Waals surface area contributed by atoms with Crippen molar-refractivity contribution in [1.29, 1.82) is 0 Å². The fourth-order valence-electron chi connectivity index (χ4n) is 3.62. The Morgan fingerprint density at radius 3 is 2.31 bits per heavy atom. The van der Waals surface area contributed by atoms with E-state index in [0.717, 1.165) is 44.6 Å². The summed E-state index contributed by atoms with van der Waals surface area (Å²) in [6.07, 6.45) is 0. The van der Waals surface area contributed by atoms with Crippen LogP contribution in [0, 0.1) is 6.92 Å². The lowest BCUT2D eigenvalue weighted by Gasteiger charge is -2.34. The van der Waals surface area contributed by atoms with Crippen LogP contribution in [0.4, 0.5) is 5.13 Å². The summed E-state index contributed by atoms with van der Waals surface area (Å²) in [5.74, 6) is 0.108. The summed E-state index contributed by atoms with van der Waals surface area (Å²) in [6.45, 7) is 11.5. The molecule has 152 valence electrons. The maximum absolute atomic E-state index is 12.9. The molecule has 2 aromatic carbocycles. The maximum atomic E-state index is 12.9. The molecule has 3 aromatic rings. The van der Waals surface area contributed by atoms with Crippen molar-refractivity contribution >= 4 is 44.2 Å². The van der Waals surface area contributed by atoms with Gasteiger partial charge >= 0.3 is 0 Å². The zero-order chi connectivity index (χ0) is 20.8. The average molecular weight is 428 g/mol. The van der Waals surface area contributed by atoms with Gasteiger partial charge in [-0.15, -0.1) is 0 Å². The highest BCUT2D eigenvalue weighted by atomic mass is 35.5. The second-order valence-corrected chi connectivity index (χ2v) is 10.0. The Morgan fingerprint density at radius 1 is 1.03 bits per heavy atom. The molecule has 1 saturated heterocycles. The molecule has 0 bridgehead atoms. The predicted octanol–water partition coefficient (Wildman–Crippen LogP) is 5.52. The molecule has 0 aliphatic carbocycles. The molecule has 0 spiro atoms. The second kappa shape index (κ2) is 7.62. The number of amides is 1. The van der Waals surface area contributed by atoms with Gasteiger partial charge in [0.15, 0.2) is 5.13 Å². The van der Waals surface area contributed by atoms with Crippen LogP contribution in [-0.4, -0.2) is 42.0 Å². The van der Waals surface area contributed by atoms with Gasteiger partial charge in [-0.25, -0.2) is 4.98 Å². The van der Waals surface area contributed by atoms with E-state index < -0.39 is 0 Å². The highest BCUT2D eigenvalue weighted by Crippen LogP contribution is 2.34. The van der Waals surface area contributed by atoms with Crippen molar-refractivity contribution in [3.63, 3.8) is 0 Å². The molecule has 1 fully saturated rings. The minimum absolute atomic E-state index is 0.0903. The summed E-state index contributed by atoms with van der Waals surface area (Å²) in [5.41, 5.74) is 4.10. The molecule has 0 saturated carbocycles. The van der Waals surface area contributed by atoms with E-state index in [1.54, 1.807) is 11.3 Å². The van der Waals surface area contributed by atoms with E-state index >= 15 is 0 Å². The Labute approximate surface area is 181 Å². The number of carbonyl (C=O) groups excluding carboxylic acids is 1. The van der Waals surface area contributed by atoms with E-state index in [9.17, 15) is 4.79 Å².